The van der Waals surface area contributed by atoms with Crippen molar-refractivity contribution in [1.29, 1.82) is 0 Å². The first-order chi connectivity index (χ1) is 16.8. The second kappa shape index (κ2) is 23.9. The molecule has 34 heavy (non-hydrogen) atoms. The molecule has 0 saturated carbocycles. The van der Waals surface area contributed by atoms with Crippen molar-refractivity contribution in [2.24, 2.45) is 0 Å². The van der Waals surface area contributed by atoms with Gasteiger partial charge >= 0.3 is 0 Å². The molecule has 200 valence electrons. The van der Waals surface area contributed by atoms with Gasteiger partial charge in [-0.25, -0.2) is 9.13 Å². The molecule has 0 fully saturated rings. The molecule has 1 rings (SSSR count). The topological polar surface area (TPSA) is 8.81 Å². The van der Waals surface area contributed by atoms with Crippen LogP contribution in [0.25, 0.3) is 0 Å². The van der Waals surface area contributed by atoms with Crippen molar-refractivity contribution in [2.75, 3.05) is 0 Å². The van der Waals surface area contributed by atoms with Gasteiger partial charge in [-0.15, -0.1) is 0 Å². The van der Waals surface area contributed by atoms with E-state index >= 15 is 0 Å². The Morgan fingerprint density at radius 2 is 0.912 bits per heavy atom. The third kappa shape index (κ3) is 16.8. The molecule has 0 aliphatic carbocycles. The molecule has 0 N–H and O–H groups in total. The Balaban J connectivity index is 2.20. The maximum atomic E-state index is 2.59. The molecular weight excluding hydrogens is 412 g/mol. The molecule has 2 nitrogen and oxygen atoms in total. The maximum absolute atomic E-state index is 2.59. The van der Waals surface area contributed by atoms with Crippen molar-refractivity contribution in [1.82, 2.24) is 4.57 Å². The maximum Gasteiger partial charge on any atom is 0.256 e. The molecule has 0 bridgehead atoms. The van der Waals surface area contributed by atoms with Gasteiger partial charge in [0.1, 0.15) is 12.4 Å². The Morgan fingerprint density at radius 3 is 1.41 bits per heavy atom. The molecule has 0 atom stereocenters. The van der Waals surface area contributed by atoms with Gasteiger partial charge in [0, 0.05) is 6.42 Å². The summed E-state index contributed by atoms with van der Waals surface area (Å²) >= 11 is 0. The van der Waals surface area contributed by atoms with Gasteiger partial charge in [-0.3, -0.25) is 0 Å². The van der Waals surface area contributed by atoms with E-state index in [1.165, 1.54) is 167 Å². The fraction of sp³-hybridized carbons (Fsp3) is 0.906. The first-order valence-corrected chi connectivity index (χ1v) is 15.9. The van der Waals surface area contributed by atoms with Crippen LogP contribution < -0.4 is 4.57 Å². The summed E-state index contributed by atoms with van der Waals surface area (Å²) in [7, 11) is 0. The molecule has 0 radical (unpaired) electrons. The van der Waals surface area contributed by atoms with E-state index in [2.05, 4.69) is 42.3 Å². The Kier molecular flexibility index (Phi) is 22.0. The molecular formula is C32H63N2+. The lowest BCUT2D eigenvalue weighted by Crippen LogP contribution is -2.37. The third-order valence-electron chi connectivity index (χ3n) is 7.60. The van der Waals surface area contributed by atoms with Gasteiger partial charge in [0.2, 0.25) is 0 Å². The Bertz CT molecular complexity index is 533. The highest BCUT2D eigenvalue weighted by molar-refractivity contribution is 4.84. The van der Waals surface area contributed by atoms with E-state index in [1.807, 2.05) is 0 Å². The van der Waals surface area contributed by atoms with Gasteiger partial charge in [-0.2, -0.15) is 0 Å². The fourth-order valence-corrected chi connectivity index (χ4v) is 5.26. The molecule has 0 aromatic carbocycles. The molecule has 1 aromatic rings. The van der Waals surface area contributed by atoms with Crippen molar-refractivity contribution in [3.05, 3.63) is 18.2 Å². The average molecular weight is 476 g/mol. The molecule has 0 saturated heterocycles. The van der Waals surface area contributed by atoms with Crippen LogP contribution in [0.2, 0.25) is 0 Å². The van der Waals surface area contributed by atoms with E-state index in [0.29, 0.717) is 0 Å². The predicted octanol–water partition coefficient (Wildman–Crippen LogP) is 10.4. The minimum absolute atomic E-state index is 1.22. The highest BCUT2D eigenvalue weighted by Crippen LogP contribution is 2.14. The van der Waals surface area contributed by atoms with E-state index < -0.39 is 0 Å². The molecule has 0 aliphatic heterocycles. The van der Waals surface area contributed by atoms with Crippen LogP contribution in [0.3, 0.4) is 0 Å². The molecule has 0 aliphatic rings. The van der Waals surface area contributed by atoms with E-state index in [1.54, 1.807) is 5.82 Å². The lowest BCUT2D eigenvalue weighted by molar-refractivity contribution is -0.704. The average Bonchev–Trinajstić information content (AvgIpc) is 3.23. The quantitative estimate of drug-likeness (QED) is 0.0930. The van der Waals surface area contributed by atoms with Gasteiger partial charge < -0.3 is 0 Å². The second-order valence-corrected chi connectivity index (χ2v) is 10.9. The monoisotopic (exact) mass is 475 g/mol. The molecule has 2 heteroatoms. The Morgan fingerprint density at radius 1 is 0.500 bits per heavy atom. The molecule has 1 heterocycles. The summed E-state index contributed by atoms with van der Waals surface area (Å²) in [5.74, 6) is 1.60. The van der Waals surface area contributed by atoms with Gasteiger partial charge in [0.15, 0.2) is 0 Å². The summed E-state index contributed by atoms with van der Waals surface area (Å²) in [5.41, 5.74) is 0. The third-order valence-corrected chi connectivity index (χ3v) is 7.60. The first kappa shape index (κ1) is 31.2. The van der Waals surface area contributed by atoms with E-state index in [9.17, 15) is 0 Å². The molecule has 0 amide bonds. The van der Waals surface area contributed by atoms with Crippen LogP contribution in [-0.2, 0) is 19.5 Å². The van der Waals surface area contributed by atoms with Crippen LogP contribution in [-0.4, -0.2) is 4.57 Å². The predicted molar refractivity (Wildman–Crippen MR) is 152 cm³/mol. The Labute approximate surface area is 215 Å². The summed E-state index contributed by atoms with van der Waals surface area (Å²) in [6, 6.07) is 0. The largest absolute Gasteiger partial charge is 0.256 e. The smallest absolute Gasteiger partial charge is 0.234 e. The molecule has 0 unspecified atom stereocenters. The molecule has 1 aromatic heterocycles. The zero-order chi connectivity index (χ0) is 24.5. The van der Waals surface area contributed by atoms with Crippen LogP contribution in [0.5, 0.6) is 0 Å². The summed E-state index contributed by atoms with van der Waals surface area (Å²) < 4.78 is 5.18. The number of hydrogen-bond acceptors (Lipinski definition) is 0. The summed E-state index contributed by atoms with van der Waals surface area (Å²) in [6.07, 6.45) is 38.5. The van der Waals surface area contributed by atoms with Gasteiger partial charge in [0.05, 0.1) is 13.1 Å². The van der Waals surface area contributed by atoms with Gasteiger partial charge in [0.25, 0.3) is 5.82 Å². The minimum atomic E-state index is 1.22. The van der Waals surface area contributed by atoms with Crippen LogP contribution in [0.1, 0.15) is 174 Å². The lowest BCUT2D eigenvalue weighted by atomic mass is 10.0. The van der Waals surface area contributed by atoms with Gasteiger partial charge in [-0.05, 0) is 32.1 Å². The summed E-state index contributed by atoms with van der Waals surface area (Å²) in [6.45, 7) is 9.36. The normalized spacial score (nSPS) is 11.5. The number of unbranched alkanes of at least 4 members (excludes halogenated alkanes) is 20. The number of hydrogen-bond donors (Lipinski definition) is 0. The minimum Gasteiger partial charge on any atom is -0.234 e. The number of nitrogens with zero attached hydrogens (tertiary/aromatic N) is 2. The number of aryl methyl sites for hydroxylation is 2. The standard InChI is InChI=1S/C32H63N2/c1-4-7-10-13-14-15-16-17-18-19-20-21-22-24-27-32-33(28-25-12-9-6-3)30-31-34(32)29-26-23-11-8-5-2/h30-31H,4-29H2,1-3H3/q+1. The van der Waals surface area contributed by atoms with Crippen molar-refractivity contribution >= 4 is 0 Å². The first-order valence-electron chi connectivity index (χ1n) is 15.9. The second-order valence-electron chi connectivity index (χ2n) is 10.9. The van der Waals surface area contributed by atoms with E-state index in [0.717, 1.165) is 0 Å². The van der Waals surface area contributed by atoms with Crippen molar-refractivity contribution in [3.8, 4) is 0 Å². The van der Waals surface area contributed by atoms with Crippen molar-refractivity contribution in [3.63, 3.8) is 0 Å². The van der Waals surface area contributed by atoms with Crippen molar-refractivity contribution in [2.45, 2.75) is 188 Å². The zero-order valence-electron chi connectivity index (χ0n) is 23.9. The fourth-order valence-electron chi connectivity index (χ4n) is 5.26. The van der Waals surface area contributed by atoms with Crippen LogP contribution in [0, 0.1) is 0 Å². The lowest BCUT2D eigenvalue weighted by Gasteiger charge is -2.07. The summed E-state index contributed by atoms with van der Waals surface area (Å²) in [4.78, 5) is 0. The SMILES string of the molecule is CCCCCCCCCCCCCCCCc1n(CCCCCC)cc[n+]1CCCCCCC. The van der Waals surface area contributed by atoms with E-state index in [-0.39, 0.29) is 0 Å². The van der Waals surface area contributed by atoms with Crippen LogP contribution >= 0.6 is 0 Å². The number of aromatic nitrogens is 2. The van der Waals surface area contributed by atoms with Gasteiger partial charge in [-0.1, -0.05) is 136 Å². The van der Waals surface area contributed by atoms with E-state index in [4.69, 9.17) is 0 Å². The molecule has 0 spiro atoms. The van der Waals surface area contributed by atoms with Crippen LogP contribution in [0.4, 0.5) is 0 Å². The summed E-state index contributed by atoms with van der Waals surface area (Å²) in [5, 5.41) is 0. The highest BCUT2D eigenvalue weighted by Gasteiger charge is 2.16. The number of imidazole rings is 1. The highest BCUT2D eigenvalue weighted by atomic mass is 15.1. The van der Waals surface area contributed by atoms with Crippen LogP contribution in [0.15, 0.2) is 12.4 Å². The Hall–Kier alpha value is -0.790. The number of rotatable bonds is 26. The zero-order valence-corrected chi connectivity index (χ0v) is 23.9. The van der Waals surface area contributed by atoms with Crippen molar-refractivity contribution < 1.29 is 4.57 Å².